The Kier molecular flexibility index (Phi) is 6.78. The van der Waals surface area contributed by atoms with Crippen molar-refractivity contribution in [2.24, 2.45) is 5.92 Å². The number of nitrogens with zero attached hydrogens (tertiary/aromatic N) is 2. The van der Waals surface area contributed by atoms with Crippen molar-refractivity contribution in [3.05, 3.63) is 29.3 Å². The number of thiazole rings is 1. The van der Waals surface area contributed by atoms with Gasteiger partial charge < -0.3 is 10.6 Å². The molecule has 6 heteroatoms. The van der Waals surface area contributed by atoms with E-state index in [1.54, 1.807) is 11.3 Å². The van der Waals surface area contributed by atoms with Crippen LogP contribution in [-0.2, 0) is 11.2 Å². The Morgan fingerprint density at radius 3 is 2.84 bits per heavy atom. The van der Waals surface area contributed by atoms with Crippen molar-refractivity contribution in [3.63, 3.8) is 0 Å². The number of nitrogens with one attached hydrogen (secondary N) is 2. The fourth-order valence-electron chi connectivity index (χ4n) is 3.38. The van der Waals surface area contributed by atoms with Crippen LogP contribution < -0.4 is 10.6 Å². The second-order valence-electron chi connectivity index (χ2n) is 6.79. The first-order valence-electron chi connectivity index (χ1n) is 9.22. The van der Waals surface area contributed by atoms with Crippen LogP contribution in [0, 0.1) is 5.92 Å². The maximum absolute atomic E-state index is 12.1. The van der Waals surface area contributed by atoms with Crippen molar-refractivity contribution >= 4 is 27.5 Å². The molecular weight excluding hydrogens is 332 g/mol. The second kappa shape index (κ2) is 9.27. The molecule has 0 aliphatic carbocycles. The molecule has 1 aliphatic heterocycles. The van der Waals surface area contributed by atoms with Gasteiger partial charge in [0, 0.05) is 13.0 Å². The highest BCUT2D eigenvalue weighted by Gasteiger charge is 2.20. The third-order valence-corrected chi connectivity index (χ3v) is 5.97. The Morgan fingerprint density at radius 2 is 2.08 bits per heavy atom. The zero-order valence-electron chi connectivity index (χ0n) is 15.0. The summed E-state index contributed by atoms with van der Waals surface area (Å²) in [6.07, 6.45) is 4.47. The van der Waals surface area contributed by atoms with Gasteiger partial charge in [0.15, 0.2) is 0 Å². The summed E-state index contributed by atoms with van der Waals surface area (Å²) in [5.41, 5.74) is 1.05. The van der Waals surface area contributed by atoms with Crippen molar-refractivity contribution in [2.75, 3.05) is 39.8 Å². The molecule has 0 atom stereocenters. The molecule has 0 spiro atoms. The first kappa shape index (κ1) is 18.3. The summed E-state index contributed by atoms with van der Waals surface area (Å²) in [6, 6.07) is 8.17. The predicted molar refractivity (Wildman–Crippen MR) is 104 cm³/mol. The molecule has 25 heavy (non-hydrogen) atoms. The number of amides is 1. The average Bonchev–Trinajstić information content (AvgIpc) is 3.04. The molecule has 3 rings (SSSR count). The lowest BCUT2D eigenvalue weighted by Gasteiger charge is -2.31. The van der Waals surface area contributed by atoms with Gasteiger partial charge in [-0.25, -0.2) is 4.98 Å². The molecule has 0 unspecified atom stereocenters. The van der Waals surface area contributed by atoms with Gasteiger partial charge in [0.05, 0.1) is 21.8 Å². The standard InChI is InChI=1S/C19H28N4OS/c1-20-10-6-15-8-12-23(13-9-15)14-18(24)21-11-7-19-22-16-4-2-3-5-17(16)25-19/h2-5,15,20H,6-14H2,1H3,(H,21,24). The van der Waals surface area contributed by atoms with Crippen LogP contribution in [0.15, 0.2) is 24.3 Å². The minimum Gasteiger partial charge on any atom is -0.355 e. The van der Waals surface area contributed by atoms with E-state index in [9.17, 15) is 4.79 Å². The first-order chi connectivity index (χ1) is 12.2. The number of rotatable bonds is 8. The maximum Gasteiger partial charge on any atom is 0.234 e. The third kappa shape index (κ3) is 5.49. The molecule has 2 aromatic rings. The lowest BCUT2D eigenvalue weighted by molar-refractivity contribution is -0.122. The number of hydrogen-bond acceptors (Lipinski definition) is 5. The minimum absolute atomic E-state index is 0.134. The van der Waals surface area contributed by atoms with Crippen LogP contribution in [0.4, 0.5) is 0 Å². The van der Waals surface area contributed by atoms with Crippen LogP contribution in [0.25, 0.3) is 10.2 Å². The second-order valence-corrected chi connectivity index (χ2v) is 7.90. The number of likely N-dealkylation sites (tertiary alicyclic amines) is 1. The molecule has 1 fully saturated rings. The van der Waals surface area contributed by atoms with Gasteiger partial charge in [-0.05, 0) is 64.0 Å². The van der Waals surface area contributed by atoms with Crippen molar-refractivity contribution in [1.82, 2.24) is 20.5 Å². The fraction of sp³-hybridized carbons (Fsp3) is 0.579. The van der Waals surface area contributed by atoms with Crippen LogP contribution in [0.2, 0.25) is 0 Å². The molecule has 2 N–H and O–H groups in total. The highest BCUT2D eigenvalue weighted by atomic mass is 32.1. The number of carbonyl (C=O) groups is 1. The van der Waals surface area contributed by atoms with Crippen molar-refractivity contribution in [2.45, 2.75) is 25.7 Å². The van der Waals surface area contributed by atoms with E-state index < -0.39 is 0 Å². The van der Waals surface area contributed by atoms with E-state index in [1.807, 2.05) is 25.2 Å². The maximum atomic E-state index is 12.1. The van der Waals surface area contributed by atoms with Crippen LogP contribution in [0.3, 0.4) is 0 Å². The summed E-state index contributed by atoms with van der Waals surface area (Å²) in [7, 11) is 2.01. The van der Waals surface area contributed by atoms with E-state index in [2.05, 4.69) is 26.6 Å². The molecule has 0 radical (unpaired) electrons. The van der Waals surface area contributed by atoms with E-state index in [0.29, 0.717) is 13.1 Å². The lowest BCUT2D eigenvalue weighted by Crippen LogP contribution is -2.42. The number of fused-ring (bicyclic) bond motifs is 1. The van der Waals surface area contributed by atoms with E-state index in [-0.39, 0.29) is 5.91 Å². The van der Waals surface area contributed by atoms with Crippen LogP contribution in [-0.4, -0.2) is 55.6 Å². The molecular formula is C19H28N4OS. The highest BCUT2D eigenvalue weighted by Crippen LogP contribution is 2.21. The number of benzene rings is 1. The Balaban J connectivity index is 1.34. The predicted octanol–water partition coefficient (Wildman–Crippen LogP) is 2.28. The smallest absolute Gasteiger partial charge is 0.234 e. The van der Waals surface area contributed by atoms with Crippen molar-refractivity contribution < 1.29 is 4.79 Å². The van der Waals surface area contributed by atoms with Gasteiger partial charge in [-0.1, -0.05) is 12.1 Å². The average molecular weight is 361 g/mol. The Morgan fingerprint density at radius 1 is 1.28 bits per heavy atom. The number of piperidine rings is 1. The third-order valence-electron chi connectivity index (χ3n) is 4.88. The van der Waals surface area contributed by atoms with Gasteiger partial charge in [-0.15, -0.1) is 11.3 Å². The molecule has 136 valence electrons. The van der Waals surface area contributed by atoms with Crippen molar-refractivity contribution in [3.8, 4) is 0 Å². The molecule has 0 bridgehead atoms. The van der Waals surface area contributed by atoms with Crippen LogP contribution >= 0.6 is 11.3 Å². The Hall–Kier alpha value is -1.50. The van der Waals surface area contributed by atoms with Gasteiger partial charge in [-0.2, -0.15) is 0 Å². The molecule has 1 aromatic carbocycles. The largest absolute Gasteiger partial charge is 0.355 e. The molecule has 0 saturated carbocycles. The van der Waals surface area contributed by atoms with Gasteiger partial charge in [-0.3, -0.25) is 9.69 Å². The van der Waals surface area contributed by atoms with E-state index in [1.165, 1.54) is 24.0 Å². The molecule has 5 nitrogen and oxygen atoms in total. The number of carbonyl (C=O) groups excluding carboxylic acids is 1. The summed E-state index contributed by atoms with van der Waals surface area (Å²) in [5.74, 6) is 0.945. The van der Waals surface area contributed by atoms with E-state index in [4.69, 9.17) is 0 Å². The Labute approximate surface area is 153 Å². The molecule has 2 heterocycles. The van der Waals surface area contributed by atoms with Crippen LogP contribution in [0.5, 0.6) is 0 Å². The zero-order valence-corrected chi connectivity index (χ0v) is 15.8. The first-order valence-corrected chi connectivity index (χ1v) is 10.0. The number of para-hydroxylation sites is 1. The van der Waals surface area contributed by atoms with Gasteiger partial charge in [0.25, 0.3) is 0 Å². The summed E-state index contributed by atoms with van der Waals surface area (Å²) >= 11 is 1.71. The topological polar surface area (TPSA) is 57.3 Å². The quantitative estimate of drug-likeness (QED) is 0.758. The highest BCUT2D eigenvalue weighted by molar-refractivity contribution is 7.18. The number of aromatic nitrogens is 1. The van der Waals surface area contributed by atoms with Crippen molar-refractivity contribution in [1.29, 1.82) is 0 Å². The minimum atomic E-state index is 0.134. The monoisotopic (exact) mass is 360 g/mol. The fourth-order valence-corrected chi connectivity index (χ4v) is 4.34. The normalized spacial score (nSPS) is 16.4. The van der Waals surface area contributed by atoms with Gasteiger partial charge >= 0.3 is 0 Å². The molecule has 1 aliphatic rings. The summed E-state index contributed by atoms with van der Waals surface area (Å²) in [6.45, 7) is 4.37. The SMILES string of the molecule is CNCCC1CCN(CC(=O)NCCc2nc3ccccc3s2)CC1. The number of hydrogen-bond donors (Lipinski definition) is 2. The van der Waals surface area contributed by atoms with E-state index in [0.717, 1.165) is 42.5 Å². The molecule has 1 saturated heterocycles. The summed E-state index contributed by atoms with van der Waals surface area (Å²) in [5, 5.41) is 7.36. The van der Waals surface area contributed by atoms with Gasteiger partial charge in [0.1, 0.15) is 0 Å². The molecule has 1 amide bonds. The molecule has 1 aromatic heterocycles. The van der Waals surface area contributed by atoms with Gasteiger partial charge in [0.2, 0.25) is 5.91 Å². The summed E-state index contributed by atoms with van der Waals surface area (Å²) in [4.78, 5) is 19.0. The van der Waals surface area contributed by atoms with E-state index >= 15 is 0 Å². The van der Waals surface area contributed by atoms with Crippen LogP contribution in [0.1, 0.15) is 24.3 Å². The summed E-state index contributed by atoms with van der Waals surface area (Å²) < 4.78 is 1.21. The lowest BCUT2D eigenvalue weighted by atomic mass is 9.93. The zero-order chi connectivity index (χ0) is 17.5. The Bertz CT molecular complexity index is 646.